The zero-order valence-electron chi connectivity index (χ0n) is 9.99. The van der Waals surface area contributed by atoms with Crippen LogP contribution in [0.3, 0.4) is 0 Å². The number of halogens is 1. The van der Waals surface area contributed by atoms with Gasteiger partial charge in [-0.2, -0.15) is 0 Å². The molecule has 2 rings (SSSR count). The van der Waals surface area contributed by atoms with Gasteiger partial charge >= 0.3 is 0 Å². The highest BCUT2D eigenvalue weighted by molar-refractivity contribution is 9.10. The van der Waals surface area contributed by atoms with Crippen molar-refractivity contribution in [3.8, 4) is 0 Å². The maximum atomic E-state index is 5.03. The molecule has 0 atom stereocenters. The highest BCUT2D eigenvalue weighted by Crippen LogP contribution is 2.22. The minimum Gasteiger partial charge on any atom is -0.304 e. The predicted octanol–water partition coefficient (Wildman–Crippen LogP) is 2.48. The standard InChI is InChI=1S/C13H19BrN2O/c14-13-9-11(5-8-17-15)3-4-12(13)10-16-6-1-2-7-16/h3-4,9H,1-2,5-8,10,15H2. The van der Waals surface area contributed by atoms with Crippen molar-refractivity contribution in [2.45, 2.75) is 25.8 Å². The minimum atomic E-state index is 0.567. The first kappa shape index (κ1) is 13.0. The topological polar surface area (TPSA) is 38.5 Å². The van der Waals surface area contributed by atoms with Crippen LogP contribution in [0.2, 0.25) is 0 Å². The molecule has 0 bridgehead atoms. The Hall–Kier alpha value is -0.420. The van der Waals surface area contributed by atoms with Crippen LogP contribution in [0.5, 0.6) is 0 Å². The summed E-state index contributed by atoms with van der Waals surface area (Å²) in [5.74, 6) is 5.03. The van der Waals surface area contributed by atoms with Crippen LogP contribution in [0.4, 0.5) is 0 Å². The number of hydrogen-bond donors (Lipinski definition) is 1. The monoisotopic (exact) mass is 298 g/mol. The third-order valence-corrected chi connectivity index (χ3v) is 3.96. The van der Waals surface area contributed by atoms with Crippen molar-refractivity contribution in [3.05, 3.63) is 33.8 Å². The lowest BCUT2D eigenvalue weighted by Crippen LogP contribution is -2.18. The lowest BCUT2D eigenvalue weighted by Gasteiger charge is -2.16. The second-order valence-corrected chi connectivity index (χ2v) is 5.38. The molecule has 1 fully saturated rings. The van der Waals surface area contributed by atoms with Gasteiger partial charge in [-0.25, -0.2) is 5.90 Å². The van der Waals surface area contributed by atoms with Gasteiger partial charge in [0.2, 0.25) is 0 Å². The van der Waals surface area contributed by atoms with Crippen molar-refractivity contribution in [1.82, 2.24) is 4.90 Å². The Balaban J connectivity index is 1.98. The summed E-state index contributed by atoms with van der Waals surface area (Å²) in [5, 5.41) is 0. The predicted molar refractivity (Wildman–Crippen MR) is 72.5 cm³/mol. The maximum Gasteiger partial charge on any atom is 0.0719 e. The van der Waals surface area contributed by atoms with Crippen molar-refractivity contribution in [2.75, 3.05) is 19.7 Å². The minimum absolute atomic E-state index is 0.567. The Bertz CT molecular complexity index is 364. The molecule has 1 aromatic carbocycles. The lowest BCUT2D eigenvalue weighted by atomic mass is 10.1. The van der Waals surface area contributed by atoms with Crippen LogP contribution in [0, 0.1) is 0 Å². The van der Waals surface area contributed by atoms with E-state index in [2.05, 4.69) is 43.9 Å². The van der Waals surface area contributed by atoms with E-state index < -0.39 is 0 Å². The number of nitrogens with zero attached hydrogens (tertiary/aromatic N) is 1. The van der Waals surface area contributed by atoms with Crippen LogP contribution in [-0.4, -0.2) is 24.6 Å². The second kappa shape index (κ2) is 6.50. The van der Waals surface area contributed by atoms with Crippen LogP contribution in [0.25, 0.3) is 0 Å². The number of hydrogen-bond acceptors (Lipinski definition) is 3. The molecule has 1 heterocycles. The van der Waals surface area contributed by atoms with E-state index in [0.29, 0.717) is 6.61 Å². The van der Waals surface area contributed by atoms with Crippen molar-refractivity contribution < 1.29 is 4.84 Å². The molecule has 1 aliphatic rings. The molecule has 0 saturated carbocycles. The molecule has 0 amide bonds. The summed E-state index contributed by atoms with van der Waals surface area (Å²) >= 11 is 3.65. The molecule has 17 heavy (non-hydrogen) atoms. The van der Waals surface area contributed by atoms with Gasteiger partial charge in [-0.1, -0.05) is 28.1 Å². The molecule has 1 aliphatic heterocycles. The van der Waals surface area contributed by atoms with Gasteiger partial charge in [-0.15, -0.1) is 0 Å². The summed E-state index contributed by atoms with van der Waals surface area (Å²) in [6, 6.07) is 6.54. The molecule has 1 saturated heterocycles. The highest BCUT2D eigenvalue weighted by atomic mass is 79.9. The van der Waals surface area contributed by atoms with Crippen LogP contribution in [0.15, 0.2) is 22.7 Å². The fraction of sp³-hybridized carbons (Fsp3) is 0.538. The van der Waals surface area contributed by atoms with E-state index in [0.717, 1.165) is 13.0 Å². The second-order valence-electron chi connectivity index (χ2n) is 4.53. The fourth-order valence-electron chi connectivity index (χ4n) is 2.23. The average Bonchev–Trinajstić information content (AvgIpc) is 2.82. The third kappa shape index (κ3) is 3.78. The maximum absolute atomic E-state index is 5.03. The molecular formula is C13H19BrN2O. The van der Waals surface area contributed by atoms with Crippen LogP contribution in [0.1, 0.15) is 24.0 Å². The molecule has 0 spiro atoms. The summed E-state index contributed by atoms with van der Waals surface area (Å²) in [7, 11) is 0. The zero-order chi connectivity index (χ0) is 12.1. The van der Waals surface area contributed by atoms with Gasteiger partial charge in [0, 0.05) is 11.0 Å². The Morgan fingerprint density at radius 2 is 2.06 bits per heavy atom. The fourth-order valence-corrected chi connectivity index (χ4v) is 2.78. The Morgan fingerprint density at radius 1 is 1.29 bits per heavy atom. The molecule has 94 valence electrons. The Morgan fingerprint density at radius 3 is 2.71 bits per heavy atom. The quantitative estimate of drug-likeness (QED) is 0.849. The van der Waals surface area contributed by atoms with Gasteiger partial charge in [0.1, 0.15) is 0 Å². The molecule has 0 radical (unpaired) electrons. The summed E-state index contributed by atoms with van der Waals surface area (Å²) in [6.07, 6.45) is 3.53. The normalized spacial score (nSPS) is 16.6. The number of rotatable bonds is 5. The smallest absolute Gasteiger partial charge is 0.0719 e. The van der Waals surface area contributed by atoms with Crippen molar-refractivity contribution in [3.63, 3.8) is 0 Å². The molecule has 3 nitrogen and oxygen atoms in total. The summed E-state index contributed by atoms with van der Waals surface area (Å²) < 4.78 is 1.19. The first-order chi connectivity index (χ1) is 8.29. The molecule has 4 heteroatoms. The van der Waals surface area contributed by atoms with E-state index in [1.54, 1.807) is 0 Å². The van der Waals surface area contributed by atoms with Gasteiger partial charge in [-0.05, 0) is 49.5 Å². The lowest BCUT2D eigenvalue weighted by molar-refractivity contribution is 0.141. The van der Waals surface area contributed by atoms with E-state index in [9.17, 15) is 0 Å². The molecule has 0 aromatic heterocycles. The molecular weight excluding hydrogens is 280 g/mol. The number of nitrogens with two attached hydrogens (primary N) is 1. The van der Waals surface area contributed by atoms with E-state index >= 15 is 0 Å². The van der Waals surface area contributed by atoms with Crippen molar-refractivity contribution in [1.29, 1.82) is 0 Å². The van der Waals surface area contributed by atoms with Gasteiger partial charge in [0.25, 0.3) is 0 Å². The van der Waals surface area contributed by atoms with E-state index in [1.165, 1.54) is 41.5 Å². The Kier molecular flexibility index (Phi) is 4.98. The van der Waals surface area contributed by atoms with Gasteiger partial charge < -0.3 is 4.84 Å². The highest BCUT2D eigenvalue weighted by Gasteiger charge is 2.13. The van der Waals surface area contributed by atoms with Crippen LogP contribution >= 0.6 is 15.9 Å². The summed E-state index contributed by atoms with van der Waals surface area (Å²) in [6.45, 7) is 4.08. The molecule has 0 aliphatic carbocycles. The first-order valence-electron chi connectivity index (χ1n) is 6.11. The van der Waals surface area contributed by atoms with E-state index in [1.807, 2.05) is 0 Å². The largest absolute Gasteiger partial charge is 0.304 e. The van der Waals surface area contributed by atoms with Crippen LogP contribution < -0.4 is 5.90 Å². The number of likely N-dealkylation sites (tertiary alicyclic amines) is 1. The van der Waals surface area contributed by atoms with Gasteiger partial charge in [-0.3, -0.25) is 4.90 Å². The van der Waals surface area contributed by atoms with E-state index in [4.69, 9.17) is 5.90 Å². The average molecular weight is 299 g/mol. The SMILES string of the molecule is NOCCc1ccc(CN2CCCC2)c(Br)c1. The zero-order valence-corrected chi connectivity index (χ0v) is 11.6. The van der Waals surface area contributed by atoms with Crippen molar-refractivity contribution >= 4 is 15.9 Å². The Labute approximate surface area is 111 Å². The molecule has 0 unspecified atom stereocenters. The first-order valence-corrected chi connectivity index (χ1v) is 6.90. The van der Waals surface area contributed by atoms with Crippen LogP contribution in [-0.2, 0) is 17.8 Å². The third-order valence-electron chi connectivity index (χ3n) is 3.22. The molecule has 2 N–H and O–H groups in total. The van der Waals surface area contributed by atoms with Gasteiger partial charge in [0.05, 0.1) is 6.61 Å². The van der Waals surface area contributed by atoms with E-state index in [-0.39, 0.29) is 0 Å². The molecule has 1 aromatic rings. The van der Waals surface area contributed by atoms with Crippen molar-refractivity contribution in [2.24, 2.45) is 5.90 Å². The summed E-state index contributed by atoms with van der Waals surface area (Å²) in [5.41, 5.74) is 2.62. The van der Waals surface area contributed by atoms with Gasteiger partial charge in [0.15, 0.2) is 0 Å². The number of benzene rings is 1. The summed E-state index contributed by atoms with van der Waals surface area (Å²) in [4.78, 5) is 7.10.